The molecule has 0 aliphatic heterocycles. The zero-order chi connectivity index (χ0) is 13.1. The maximum Gasteiger partial charge on any atom is 0.419 e. The van der Waals surface area contributed by atoms with E-state index >= 15 is 0 Å². The van der Waals surface area contributed by atoms with E-state index in [1.54, 1.807) is 20.8 Å². The second-order valence-corrected chi connectivity index (χ2v) is 4.78. The topological polar surface area (TPSA) is 90.4 Å². The lowest BCUT2D eigenvalue weighted by molar-refractivity contribution is 0.0536. The summed E-state index contributed by atoms with van der Waals surface area (Å²) in [4.78, 5) is 15.6. The van der Waals surface area contributed by atoms with Crippen LogP contribution in [0.4, 0.5) is 4.79 Å². The molecule has 0 fully saturated rings. The number of imidazole rings is 1. The van der Waals surface area contributed by atoms with Crippen LogP contribution in [0.1, 0.15) is 39.0 Å². The molecule has 1 atom stereocenters. The van der Waals surface area contributed by atoms with Gasteiger partial charge in [0, 0.05) is 6.20 Å². The molecule has 0 spiro atoms. The van der Waals surface area contributed by atoms with Crippen LogP contribution < -0.4 is 5.73 Å². The van der Waals surface area contributed by atoms with Crippen LogP contribution in [0.3, 0.4) is 0 Å². The summed E-state index contributed by atoms with van der Waals surface area (Å²) in [6.07, 6.45) is 1.92. The number of nitrogens with zero attached hydrogens (tertiary/aromatic N) is 2. The Hall–Kier alpha value is -1.40. The van der Waals surface area contributed by atoms with Crippen LogP contribution in [-0.4, -0.2) is 32.9 Å². The number of aliphatic hydroxyl groups is 1. The first-order valence-electron chi connectivity index (χ1n) is 5.49. The van der Waals surface area contributed by atoms with Crippen molar-refractivity contribution in [1.82, 2.24) is 9.55 Å². The molecule has 0 saturated carbocycles. The number of carbonyl (C=O) groups excluding carboxylic acids is 1. The van der Waals surface area contributed by atoms with E-state index in [0.29, 0.717) is 18.7 Å². The predicted octanol–water partition coefficient (Wildman–Crippen LogP) is 1.05. The second-order valence-electron chi connectivity index (χ2n) is 4.78. The molecule has 0 amide bonds. The van der Waals surface area contributed by atoms with Gasteiger partial charge in [-0.2, -0.15) is 0 Å². The van der Waals surface area contributed by atoms with Crippen LogP contribution in [-0.2, 0) is 4.74 Å². The fourth-order valence-electron chi connectivity index (χ4n) is 1.23. The minimum absolute atomic E-state index is 0.362. The molecule has 0 radical (unpaired) electrons. The zero-order valence-corrected chi connectivity index (χ0v) is 10.4. The Balaban J connectivity index is 2.71. The summed E-state index contributed by atoms with van der Waals surface area (Å²) in [6, 6.07) is 0. The summed E-state index contributed by atoms with van der Waals surface area (Å²) in [5.41, 5.74) is 5.19. The Bertz CT molecular complexity index is 382. The van der Waals surface area contributed by atoms with E-state index in [2.05, 4.69) is 4.98 Å². The van der Waals surface area contributed by atoms with Crippen molar-refractivity contribution in [3.05, 3.63) is 18.2 Å². The van der Waals surface area contributed by atoms with Crippen molar-refractivity contribution < 1.29 is 14.6 Å². The van der Waals surface area contributed by atoms with Gasteiger partial charge in [-0.3, -0.25) is 0 Å². The first kappa shape index (κ1) is 13.7. The van der Waals surface area contributed by atoms with Crippen LogP contribution in [0.15, 0.2) is 12.5 Å². The molecule has 0 aliphatic rings. The molecular formula is C11H19N3O3. The molecule has 1 aromatic heterocycles. The normalized spacial score (nSPS) is 13.5. The summed E-state index contributed by atoms with van der Waals surface area (Å²) in [6.45, 7) is 5.71. The summed E-state index contributed by atoms with van der Waals surface area (Å²) in [5, 5.41) is 9.64. The fraction of sp³-hybridized carbons (Fsp3) is 0.636. The lowest BCUT2D eigenvalue weighted by Crippen LogP contribution is -2.26. The van der Waals surface area contributed by atoms with Crippen molar-refractivity contribution in [2.45, 2.75) is 38.9 Å². The molecule has 6 heteroatoms. The number of hydrogen-bond acceptors (Lipinski definition) is 5. The van der Waals surface area contributed by atoms with Gasteiger partial charge in [0.05, 0.1) is 11.8 Å². The second kappa shape index (κ2) is 5.29. The Morgan fingerprint density at radius 2 is 2.29 bits per heavy atom. The Morgan fingerprint density at radius 1 is 1.65 bits per heavy atom. The SMILES string of the molecule is CC(C)(C)OC(=O)n1cnc(C(O)CCN)c1. The van der Waals surface area contributed by atoms with Gasteiger partial charge in [-0.25, -0.2) is 14.3 Å². The lowest BCUT2D eigenvalue weighted by atomic mass is 10.2. The van der Waals surface area contributed by atoms with E-state index in [1.165, 1.54) is 17.1 Å². The number of nitrogens with two attached hydrogens (primary N) is 1. The van der Waals surface area contributed by atoms with Crippen LogP contribution in [0.25, 0.3) is 0 Å². The van der Waals surface area contributed by atoms with Crippen molar-refractivity contribution in [1.29, 1.82) is 0 Å². The maximum atomic E-state index is 11.6. The van der Waals surface area contributed by atoms with E-state index in [9.17, 15) is 9.90 Å². The van der Waals surface area contributed by atoms with Crippen LogP contribution in [0, 0.1) is 0 Å². The maximum absolute atomic E-state index is 11.6. The van der Waals surface area contributed by atoms with Gasteiger partial charge in [0.15, 0.2) is 0 Å². The van der Waals surface area contributed by atoms with E-state index in [-0.39, 0.29) is 0 Å². The average molecular weight is 241 g/mol. The molecule has 1 aromatic rings. The van der Waals surface area contributed by atoms with Gasteiger partial charge in [-0.1, -0.05) is 0 Å². The molecule has 1 unspecified atom stereocenters. The monoisotopic (exact) mass is 241 g/mol. The van der Waals surface area contributed by atoms with Crippen molar-refractivity contribution in [2.75, 3.05) is 6.54 Å². The van der Waals surface area contributed by atoms with Crippen molar-refractivity contribution in [3.63, 3.8) is 0 Å². The van der Waals surface area contributed by atoms with Gasteiger partial charge in [0.1, 0.15) is 11.9 Å². The largest absolute Gasteiger partial charge is 0.443 e. The fourth-order valence-corrected chi connectivity index (χ4v) is 1.23. The number of rotatable bonds is 3. The van der Waals surface area contributed by atoms with Crippen LogP contribution in [0.5, 0.6) is 0 Å². The van der Waals surface area contributed by atoms with Crippen molar-refractivity contribution in [3.8, 4) is 0 Å². The molecule has 0 aliphatic carbocycles. The molecule has 0 bridgehead atoms. The van der Waals surface area contributed by atoms with Gasteiger partial charge < -0.3 is 15.6 Å². The third-order valence-corrected chi connectivity index (χ3v) is 1.99. The highest BCUT2D eigenvalue weighted by molar-refractivity contribution is 5.70. The summed E-state index contributed by atoms with van der Waals surface area (Å²) >= 11 is 0. The number of aliphatic hydroxyl groups excluding tert-OH is 1. The molecule has 1 heterocycles. The molecular weight excluding hydrogens is 222 g/mol. The van der Waals surface area contributed by atoms with E-state index in [1.807, 2.05) is 0 Å². The highest BCUT2D eigenvalue weighted by Crippen LogP contribution is 2.14. The van der Waals surface area contributed by atoms with Crippen LogP contribution >= 0.6 is 0 Å². The van der Waals surface area contributed by atoms with Gasteiger partial charge in [-0.15, -0.1) is 0 Å². The molecule has 96 valence electrons. The molecule has 0 saturated heterocycles. The Morgan fingerprint density at radius 3 is 2.82 bits per heavy atom. The van der Waals surface area contributed by atoms with Gasteiger partial charge >= 0.3 is 6.09 Å². The van der Waals surface area contributed by atoms with Gasteiger partial charge in [0.2, 0.25) is 0 Å². The third-order valence-electron chi connectivity index (χ3n) is 1.99. The molecule has 0 aromatic carbocycles. The van der Waals surface area contributed by atoms with Crippen molar-refractivity contribution in [2.24, 2.45) is 5.73 Å². The molecule has 17 heavy (non-hydrogen) atoms. The standard InChI is InChI=1S/C11H19N3O3/c1-11(2,3)17-10(16)14-6-8(13-7-14)9(15)4-5-12/h6-7,9,15H,4-5,12H2,1-3H3. The Kier molecular flexibility index (Phi) is 4.25. The molecule has 1 rings (SSSR count). The highest BCUT2D eigenvalue weighted by Gasteiger charge is 2.19. The van der Waals surface area contributed by atoms with E-state index in [0.717, 1.165) is 0 Å². The summed E-state index contributed by atoms with van der Waals surface area (Å²) < 4.78 is 6.36. The number of ether oxygens (including phenoxy) is 1. The summed E-state index contributed by atoms with van der Waals surface area (Å²) in [5.74, 6) is 0. The number of carbonyl (C=O) groups is 1. The minimum Gasteiger partial charge on any atom is -0.443 e. The van der Waals surface area contributed by atoms with E-state index in [4.69, 9.17) is 10.5 Å². The van der Waals surface area contributed by atoms with Crippen molar-refractivity contribution >= 4 is 6.09 Å². The molecule has 6 nitrogen and oxygen atoms in total. The lowest BCUT2D eigenvalue weighted by Gasteiger charge is -2.19. The summed E-state index contributed by atoms with van der Waals surface area (Å²) in [7, 11) is 0. The van der Waals surface area contributed by atoms with Gasteiger partial charge in [-0.05, 0) is 33.7 Å². The smallest absolute Gasteiger partial charge is 0.419 e. The third kappa shape index (κ3) is 4.16. The minimum atomic E-state index is -0.747. The average Bonchev–Trinajstić information content (AvgIpc) is 2.63. The van der Waals surface area contributed by atoms with E-state index < -0.39 is 17.8 Å². The predicted molar refractivity (Wildman–Crippen MR) is 62.5 cm³/mol. The zero-order valence-electron chi connectivity index (χ0n) is 10.4. The molecule has 3 N–H and O–H groups in total. The quantitative estimate of drug-likeness (QED) is 0.825. The van der Waals surface area contributed by atoms with Gasteiger partial charge in [0.25, 0.3) is 0 Å². The number of hydrogen-bond donors (Lipinski definition) is 2. The van der Waals surface area contributed by atoms with Crippen LogP contribution in [0.2, 0.25) is 0 Å². The Labute approximate surface area is 100 Å². The number of aromatic nitrogens is 2. The first-order chi connectivity index (χ1) is 7.83. The highest BCUT2D eigenvalue weighted by atomic mass is 16.6. The first-order valence-corrected chi connectivity index (χ1v) is 5.49.